The molecule has 1 unspecified atom stereocenters. The molecule has 0 aromatic carbocycles. The summed E-state index contributed by atoms with van der Waals surface area (Å²) in [4.78, 5) is 6.79. The van der Waals surface area contributed by atoms with Gasteiger partial charge in [-0.1, -0.05) is 0 Å². The molecule has 1 fully saturated rings. The maximum absolute atomic E-state index is 5.20. The molecular formula is C15H25N3O. The minimum Gasteiger partial charge on any atom is -0.383 e. The van der Waals surface area contributed by atoms with E-state index in [4.69, 9.17) is 4.74 Å². The Balaban J connectivity index is 2.00. The molecule has 1 saturated carbocycles. The first-order valence-electron chi connectivity index (χ1n) is 7.02. The number of nitrogens with one attached hydrogen (secondary N) is 1. The van der Waals surface area contributed by atoms with Crippen LogP contribution < -0.4 is 10.2 Å². The molecule has 19 heavy (non-hydrogen) atoms. The number of hydrogen-bond donors (Lipinski definition) is 1. The van der Waals surface area contributed by atoms with E-state index in [0.29, 0.717) is 12.6 Å². The third-order valence-corrected chi connectivity index (χ3v) is 3.68. The molecule has 106 valence electrons. The normalized spacial score (nSPS) is 16.4. The third kappa shape index (κ3) is 3.91. The predicted octanol–water partition coefficient (Wildman–Crippen LogP) is 2.11. The Morgan fingerprint density at radius 2 is 2.26 bits per heavy atom. The van der Waals surface area contributed by atoms with Gasteiger partial charge in [-0.2, -0.15) is 0 Å². The second-order valence-electron chi connectivity index (χ2n) is 5.55. The van der Waals surface area contributed by atoms with Gasteiger partial charge in [-0.3, -0.25) is 0 Å². The van der Waals surface area contributed by atoms with Crippen molar-refractivity contribution in [3.05, 3.63) is 23.4 Å². The number of methoxy groups -OCH3 is 1. The molecule has 0 radical (unpaired) electrons. The topological polar surface area (TPSA) is 37.4 Å². The van der Waals surface area contributed by atoms with Crippen LogP contribution in [0.25, 0.3) is 0 Å². The van der Waals surface area contributed by atoms with Crippen LogP contribution in [0.15, 0.2) is 12.3 Å². The van der Waals surface area contributed by atoms with Crippen molar-refractivity contribution in [3.8, 4) is 0 Å². The van der Waals surface area contributed by atoms with Crippen LogP contribution in [-0.4, -0.2) is 37.8 Å². The number of nitrogens with zero attached hydrogens (tertiary/aromatic N) is 2. The van der Waals surface area contributed by atoms with E-state index in [-0.39, 0.29) is 0 Å². The van der Waals surface area contributed by atoms with Crippen molar-refractivity contribution < 1.29 is 4.74 Å². The Labute approximate surface area is 116 Å². The van der Waals surface area contributed by atoms with Gasteiger partial charge in [0.15, 0.2) is 0 Å². The van der Waals surface area contributed by atoms with Crippen molar-refractivity contribution in [1.82, 2.24) is 10.3 Å². The highest BCUT2D eigenvalue weighted by molar-refractivity contribution is 5.47. The summed E-state index contributed by atoms with van der Waals surface area (Å²) in [5.41, 5.74) is 2.49. The molecule has 0 saturated heterocycles. The lowest BCUT2D eigenvalue weighted by Gasteiger charge is -2.27. The summed E-state index contributed by atoms with van der Waals surface area (Å²) in [6.07, 6.45) is 4.62. The average molecular weight is 263 g/mol. The van der Waals surface area contributed by atoms with Crippen molar-refractivity contribution in [2.24, 2.45) is 0 Å². The molecule has 4 heteroatoms. The summed E-state index contributed by atoms with van der Waals surface area (Å²) in [7, 11) is 3.80. The Morgan fingerprint density at radius 3 is 2.84 bits per heavy atom. The molecule has 4 nitrogen and oxygen atoms in total. The third-order valence-electron chi connectivity index (χ3n) is 3.68. The summed E-state index contributed by atoms with van der Waals surface area (Å²) in [6, 6.07) is 3.30. The molecule has 0 amide bonds. The number of ether oxygens (including phenoxy) is 1. The summed E-state index contributed by atoms with van der Waals surface area (Å²) in [5.74, 6) is 1.04. The van der Waals surface area contributed by atoms with E-state index in [1.165, 1.54) is 24.0 Å². The molecular weight excluding hydrogens is 238 g/mol. The summed E-state index contributed by atoms with van der Waals surface area (Å²) in [5, 5.41) is 3.52. The molecule has 1 aliphatic carbocycles. The number of likely N-dealkylation sites (N-methyl/N-ethyl adjacent to an activating group) is 1. The van der Waals surface area contributed by atoms with Gasteiger partial charge in [-0.05, 0) is 43.9 Å². The van der Waals surface area contributed by atoms with E-state index in [2.05, 4.69) is 42.2 Å². The Hall–Kier alpha value is -1.13. The first-order chi connectivity index (χ1) is 9.11. The minimum atomic E-state index is 0.326. The highest BCUT2D eigenvalue weighted by atomic mass is 16.5. The maximum Gasteiger partial charge on any atom is 0.131 e. The number of rotatable bonds is 7. The van der Waals surface area contributed by atoms with E-state index in [0.717, 1.165) is 18.4 Å². The van der Waals surface area contributed by atoms with Crippen LogP contribution in [0.1, 0.15) is 30.9 Å². The Kier molecular flexibility index (Phi) is 4.77. The number of pyridine rings is 1. The van der Waals surface area contributed by atoms with Gasteiger partial charge in [0, 0.05) is 32.9 Å². The van der Waals surface area contributed by atoms with E-state index in [1.807, 2.05) is 6.20 Å². The van der Waals surface area contributed by atoms with Crippen LogP contribution in [0, 0.1) is 6.92 Å². The summed E-state index contributed by atoms with van der Waals surface area (Å²) >= 11 is 0. The second-order valence-corrected chi connectivity index (χ2v) is 5.55. The van der Waals surface area contributed by atoms with Gasteiger partial charge in [-0.15, -0.1) is 0 Å². The molecule has 1 N–H and O–H groups in total. The van der Waals surface area contributed by atoms with E-state index in [9.17, 15) is 0 Å². The van der Waals surface area contributed by atoms with Crippen molar-refractivity contribution in [2.45, 2.75) is 45.3 Å². The van der Waals surface area contributed by atoms with Crippen molar-refractivity contribution in [3.63, 3.8) is 0 Å². The molecule has 1 aromatic rings. The quantitative estimate of drug-likeness (QED) is 0.817. The maximum atomic E-state index is 5.20. The van der Waals surface area contributed by atoms with Gasteiger partial charge in [0.25, 0.3) is 0 Å². The van der Waals surface area contributed by atoms with Crippen LogP contribution in [0.3, 0.4) is 0 Å². The van der Waals surface area contributed by atoms with Gasteiger partial charge in [0.05, 0.1) is 12.6 Å². The first kappa shape index (κ1) is 14.3. The lowest BCUT2D eigenvalue weighted by molar-refractivity contribution is 0.183. The van der Waals surface area contributed by atoms with Crippen LogP contribution in [0.4, 0.5) is 5.82 Å². The average Bonchev–Trinajstić information content (AvgIpc) is 3.20. The smallest absolute Gasteiger partial charge is 0.131 e. The summed E-state index contributed by atoms with van der Waals surface area (Å²) in [6.45, 7) is 5.91. The zero-order valence-electron chi connectivity index (χ0n) is 12.4. The van der Waals surface area contributed by atoms with Gasteiger partial charge < -0.3 is 15.0 Å². The number of hydrogen-bond acceptors (Lipinski definition) is 4. The fraction of sp³-hybridized carbons (Fsp3) is 0.667. The predicted molar refractivity (Wildman–Crippen MR) is 78.6 cm³/mol. The fourth-order valence-electron chi connectivity index (χ4n) is 2.20. The number of anilines is 1. The molecule has 0 bridgehead atoms. The van der Waals surface area contributed by atoms with Crippen LogP contribution >= 0.6 is 0 Å². The molecule has 1 heterocycles. The van der Waals surface area contributed by atoms with E-state index < -0.39 is 0 Å². The standard InChI is InChI=1S/C15H25N3O/c1-11-7-13(8-16-14-5-6-14)9-17-15(11)18(3)12(2)10-19-4/h7,9,12,14,16H,5-6,8,10H2,1-4H3. The van der Waals surface area contributed by atoms with Gasteiger partial charge in [-0.25, -0.2) is 4.98 Å². The second kappa shape index (κ2) is 6.35. The highest BCUT2D eigenvalue weighted by Gasteiger charge is 2.20. The highest BCUT2D eigenvalue weighted by Crippen LogP contribution is 2.21. The lowest BCUT2D eigenvalue weighted by atomic mass is 10.2. The molecule has 1 aromatic heterocycles. The van der Waals surface area contributed by atoms with Crippen molar-refractivity contribution in [2.75, 3.05) is 25.7 Å². The molecule has 1 atom stereocenters. The van der Waals surface area contributed by atoms with E-state index >= 15 is 0 Å². The molecule has 0 aliphatic heterocycles. The summed E-state index contributed by atoms with van der Waals surface area (Å²) < 4.78 is 5.20. The van der Waals surface area contributed by atoms with Crippen molar-refractivity contribution >= 4 is 5.82 Å². The monoisotopic (exact) mass is 263 g/mol. The lowest BCUT2D eigenvalue weighted by Crippen LogP contribution is -2.33. The number of aryl methyl sites for hydroxylation is 1. The SMILES string of the molecule is COCC(C)N(C)c1ncc(CNC2CC2)cc1C. The zero-order valence-corrected chi connectivity index (χ0v) is 12.4. The zero-order chi connectivity index (χ0) is 13.8. The van der Waals surface area contributed by atoms with Crippen molar-refractivity contribution in [1.29, 1.82) is 0 Å². The van der Waals surface area contributed by atoms with E-state index in [1.54, 1.807) is 7.11 Å². The van der Waals surface area contributed by atoms with Gasteiger partial charge in [0.2, 0.25) is 0 Å². The largest absolute Gasteiger partial charge is 0.383 e. The van der Waals surface area contributed by atoms with Crippen LogP contribution in [0.5, 0.6) is 0 Å². The molecule has 0 spiro atoms. The molecule has 2 rings (SSSR count). The molecule has 1 aliphatic rings. The number of aromatic nitrogens is 1. The van der Waals surface area contributed by atoms with Gasteiger partial charge >= 0.3 is 0 Å². The Bertz CT molecular complexity index is 418. The minimum absolute atomic E-state index is 0.326. The van der Waals surface area contributed by atoms with Gasteiger partial charge in [0.1, 0.15) is 5.82 Å². The fourth-order valence-corrected chi connectivity index (χ4v) is 2.20. The van der Waals surface area contributed by atoms with Crippen LogP contribution in [-0.2, 0) is 11.3 Å². The first-order valence-corrected chi connectivity index (χ1v) is 7.02. The van der Waals surface area contributed by atoms with Crippen LogP contribution in [0.2, 0.25) is 0 Å². The Morgan fingerprint density at radius 1 is 1.53 bits per heavy atom.